The minimum absolute atomic E-state index is 0.0762. The first-order chi connectivity index (χ1) is 24.8. The van der Waals surface area contributed by atoms with Crippen LogP contribution in [0.5, 0.6) is 0 Å². The van der Waals surface area contributed by atoms with Gasteiger partial charge in [0.2, 0.25) is 23.6 Å². The molecule has 0 bridgehead atoms. The number of aliphatic carboxylic acids is 1. The van der Waals surface area contributed by atoms with Gasteiger partial charge in [-0.25, -0.2) is 9.18 Å². The highest BCUT2D eigenvalue weighted by Crippen LogP contribution is 2.38. The van der Waals surface area contributed by atoms with Gasteiger partial charge >= 0.3 is 12.1 Å². The number of aromatic nitrogens is 1. The van der Waals surface area contributed by atoms with Crippen molar-refractivity contribution in [1.82, 2.24) is 20.9 Å². The first kappa shape index (κ1) is 43.0. The highest BCUT2D eigenvalue weighted by Gasteiger charge is 2.46. The molecular weight excluding hydrogens is 747 g/mol. The number of nitrogens with one attached hydrogen (secondary N) is 4. The van der Waals surface area contributed by atoms with Gasteiger partial charge in [0.1, 0.15) is 23.4 Å². The minimum atomic E-state index is -5.08. The first-order valence-electron chi connectivity index (χ1n) is 16.7. The van der Waals surface area contributed by atoms with Crippen LogP contribution in [0.2, 0.25) is 10.0 Å². The molecule has 1 aliphatic rings. The third-order valence-corrected chi connectivity index (χ3v) is 9.27. The Balaban J connectivity index is 0.000000980. The maximum absolute atomic E-state index is 14.1. The number of fused-ring (bicyclic) bond motifs is 3. The lowest BCUT2D eigenvalue weighted by Gasteiger charge is -2.39. The summed E-state index contributed by atoms with van der Waals surface area (Å²) in [5.74, 6) is -5.59. The molecule has 3 aromatic rings. The number of amides is 4. The summed E-state index contributed by atoms with van der Waals surface area (Å²) in [6.07, 6.45) is -2.50. The Labute approximate surface area is 312 Å². The molecule has 9 N–H and O–H groups in total. The van der Waals surface area contributed by atoms with Crippen molar-refractivity contribution >= 4 is 63.7 Å². The molecule has 3 atom stereocenters. The van der Waals surface area contributed by atoms with Crippen molar-refractivity contribution < 1.29 is 46.6 Å². The van der Waals surface area contributed by atoms with Gasteiger partial charge < -0.3 is 37.5 Å². The molecule has 0 spiro atoms. The van der Waals surface area contributed by atoms with Gasteiger partial charge in [-0.3, -0.25) is 19.2 Å². The quantitative estimate of drug-likeness (QED) is 0.0921. The van der Waals surface area contributed by atoms with E-state index in [1.54, 1.807) is 38.1 Å². The second-order valence-corrected chi connectivity index (χ2v) is 13.9. The second kappa shape index (κ2) is 18.6. The van der Waals surface area contributed by atoms with Crippen molar-refractivity contribution in [3.63, 3.8) is 0 Å². The van der Waals surface area contributed by atoms with Gasteiger partial charge in [-0.05, 0) is 86.4 Å². The molecule has 12 nitrogen and oxygen atoms in total. The number of benzene rings is 2. The van der Waals surface area contributed by atoms with Crippen molar-refractivity contribution in [2.45, 2.75) is 89.0 Å². The monoisotopic (exact) mass is 788 g/mol. The smallest absolute Gasteiger partial charge is 0.475 e. The Bertz CT molecular complexity index is 1800. The number of nitrogens with two attached hydrogens (primary N) is 2. The predicted molar refractivity (Wildman–Crippen MR) is 190 cm³/mol. The number of carbonyl (C=O) groups excluding carboxylic acids is 4. The summed E-state index contributed by atoms with van der Waals surface area (Å²) in [4.78, 5) is 65.7. The molecule has 4 amide bonds. The molecule has 1 aliphatic carbocycles. The molecule has 0 fully saturated rings. The summed E-state index contributed by atoms with van der Waals surface area (Å²) in [5.41, 5.74) is 12.9. The lowest BCUT2D eigenvalue weighted by Crippen LogP contribution is -2.66. The molecule has 0 saturated carbocycles. The highest BCUT2D eigenvalue weighted by atomic mass is 35.5. The number of carboxylic acids is 1. The summed E-state index contributed by atoms with van der Waals surface area (Å²) in [7, 11) is 0. The molecular formula is C35H42Cl2F4N6O6. The first-order valence-corrected chi connectivity index (χ1v) is 17.5. The van der Waals surface area contributed by atoms with Crippen LogP contribution in [0, 0.1) is 11.7 Å². The fourth-order valence-corrected chi connectivity index (χ4v) is 6.48. The molecule has 1 aromatic heterocycles. The molecule has 2 aromatic carbocycles. The van der Waals surface area contributed by atoms with E-state index in [9.17, 15) is 36.7 Å². The number of hydrogen-bond donors (Lipinski definition) is 7. The number of rotatable bonds is 14. The predicted octanol–water partition coefficient (Wildman–Crippen LogP) is 4.46. The summed E-state index contributed by atoms with van der Waals surface area (Å²) < 4.78 is 45.0. The normalized spacial score (nSPS) is 16.5. The Hall–Kier alpha value is -4.41. The molecule has 290 valence electrons. The third kappa shape index (κ3) is 11.8. The van der Waals surface area contributed by atoms with E-state index in [0.717, 1.165) is 22.2 Å². The maximum atomic E-state index is 14.1. The number of halogens is 6. The summed E-state index contributed by atoms with van der Waals surface area (Å²) in [6, 6.07) is 7.32. The Morgan fingerprint density at radius 3 is 2.25 bits per heavy atom. The second-order valence-electron chi connectivity index (χ2n) is 13.1. The molecule has 53 heavy (non-hydrogen) atoms. The van der Waals surface area contributed by atoms with Crippen molar-refractivity contribution in [2.75, 3.05) is 6.54 Å². The van der Waals surface area contributed by atoms with E-state index in [4.69, 9.17) is 44.6 Å². The van der Waals surface area contributed by atoms with E-state index in [-0.39, 0.29) is 36.9 Å². The van der Waals surface area contributed by atoms with Crippen LogP contribution in [-0.4, -0.2) is 70.0 Å². The van der Waals surface area contributed by atoms with Crippen molar-refractivity contribution in [3.05, 3.63) is 69.1 Å². The average Bonchev–Trinajstić information content (AvgIpc) is 3.43. The number of carbonyl (C=O) groups is 5. The Morgan fingerprint density at radius 1 is 1.04 bits per heavy atom. The molecule has 0 saturated heterocycles. The van der Waals surface area contributed by atoms with Gasteiger partial charge in [-0.15, -0.1) is 0 Å². The molecule has 4 rings (SSSR count). The van der Waals surface area contributed by atoms with E-state index in [0.29, 0.717) is 54.2 Å². The topological polar surface area (TPSA) is 209 Å². The molecule has 1 heterocycles. The molecule has 3 unspecified atom stereocenters. The summed E-state index contributed by atoms with van der Waals surface area (Å²) in [5, 5.41) is 17.3. The van der Waals surface area contributed by atoms with Crippen LogP contribution >= 0.6 is 23.2 Å². The largest absolute Gasteiger partial charge is 0.490 e. The zero-order chi connectivity index (χ0) is 39.7. The van der Waals surface area contributed by atoms with Crippen LogP contribution in [0.15, 0.2) is 36.4 Å². The van der Waals surface area contributed by atoms with Gasteiger partial charge in [0.05, 0.1) is 10.5 Å². The Morgan fingerprint density at radius 2 is 1.68 bits per heavy atom. The van der Waals surface area contributed by atoms with Gasteiger partial charge in [-0.1, -0.05) is 49.2 Å². The van der Waals surface area contributed by atoms with Crippen LogP contribution in [-0.2, 0) is 43.2 Å². The molecule has 0 radical (unpaired) electrons. The summed E-state index contributed by atoms with van der Waals surface area (Å²) >= 11 is 12.8. The third-order valence-electron chi connectivity index (χ3n) is 8.75. The van der Waals surface area contributed by atoms with E-state index in [1.165, 1.54) is 12.1 Å². The van der Waals surface area contributed by atoms with Crippen LogP contribution in [0.4, 0.5) is 17.6 Å². The molecule has 18 heteroatoms. The fraction of sp³-hybridized carbons (Fsp3) is 0.457. The van der Waals surface area contributed by atoms with Crippen LogP contribution in [0.3, 0.4) is 0 Å². The van der Waals surface area contributed by atoms with E-state index < -0.39 is 47.5 Å². The maximum Gasteiger partial charge on any atom is 0.490 e. The fourth-order valence-electron chi connectivity index (χ4n) is 5.93. The van der Waals surface area contributed by atoms with Crippen molar-refractivity contribution in [2.24, 2.45) is 17.4 Å². The lowest BCUT2D eigenvalue weighted by molar-refractivity contribution is -0.192. The average molecular weight is 790 g/mol. The number of hydrogen-bond acceptors (Lipinski definition) is 6. The van der Waals surface area contributed by atoms with Gasteiger partial charge in [0.15, 0.2) is 0 Å². The van der Waals surface area contributed by atoms with Gasteiger partial charge in [0, 0.05) is 28.9 Å². The van der Waals surface area contributed by atoms with E-state index in [1.807, 2.05) is 0 Å². The van der Waals surface area contributed by atoms with Crippen LogP contribution in [0.25, 0.3) is 10.9 Å². The molecule has 0 aliphatic heterocycles. The van der Waals surface area contributed by atoms with Gasteiger partial charge in [-0.2, -0.15) is 13.2 Å². The number of unbranched alkanes of at least 4 members (excludes halogenated alkanes) is 1. The Kier molecular flexibility index (Phi) is 15.1. The van der Waals surface area contributed by atoms with Crippen molar-refractivity contribution in [3.8, 4) is 0 Å². The van der Waals surface area contributed by atoms with Crippen LogP contribution in [0.1, 0.15) is 62.8 Å². The number of aromatic amines is 1. The lowest BCUT2D eigenvalue weighted by atomic mass is 9.78. The zero-order valence-corrected chi connectivity index (χ0v) is 30.5. The minimum Gasteiger partial charge on any atom is -0.475 e. The summed E-state index contributed by atoms with van der Waals surface area (Å²) in [6.45, 7) is 3.94. The van der Waals surface area contributed by atoms with Crippen molar-refractivity contribution in [1.29, 1.82) is 0 Å². The number of primary amides is 1. The number of H-pyrrole nitrogens is 1. The van der Waals surface area contributed by atoms with Gasteiger partial charge in [0.25, 0.3) is 0 Å². The standard InChI is InChI=1S/C33H41Cl2FN6O4.C2HF3O2/c1-18(2)28(30(38)44)41-32(46)33(13-12-25-23(17-33)22-15-20(34)16-24(35)29(22)40-25)42-31(45)26(5-3-4-14-37)39-27(43)11-8-19-6-9-21(36)10-7-19;3-2(4,5)1(6)7/h6-7,9-10,15-16,18,26,28,40H,3-5,8,11-14,17,37H2,1-2H3,(H2,38,44)(H,39,43)(H,41,46)(H,42,45);(H,6,7). The van der Waals surface area contributed by atoms with E-state index >= 15 is 0 Å². The highest BCUT2D eigenvalue weighted by molar-refractivity contribution is 6.38. The zero-order valence-electron chi connectivity index (χ0n) is 29.0. The number of alkyl halides is 3. The number of aryl methyl sites for hydroxylation is 2. The van der Waals surface area contributed by atoms with Crippen LogP contribution < -0.4 is 27.4 Å². The SMILES string of the molecule is CC(C)C(NC(=O)C1(NC(=O)C(CCCCN)NC(=O)CCc2ccc(F)cc2)CCc2[nH]c3c(Cl)cc(Cl)cc3c2C1)C(N)=O.O=C(O)C(F)(F)F. The van der Waals surface area contributed by atoms with E-state index in [2.05, 4.69) is 20.9 Å². The number of carboxylic acid groups (broad SMARTS) is 1.